The molecule has 18 heteroatoms. The number of hydrogen-bond donors (Lipinski definition) is 7. The van der Waals surface area contributed by atoms with Crippen LogP contribution in [-0.4, -0.2) is 103 Å². The topological polar surface area (TPSA) is 256 Å². The summed E-state index contributed by atoms with van der Waals surface area (Å²) in [6.45, 7) is 3.06. The van der Waals surface area contributed by atoms with Crippen LogP contribution in [0.5, 0.6) is 0 Å². The molecule has 0 saturated heterocycles. The van der Waals surface area contributed by atoms with Crippen LogP contribution in [0.4, 0.5) is 0 Å². The Kier molecular flexibility index (Phi) is 32.8. The smallest absolute Gasteiger partial charge is 0.462 e. The first-order valence-electron chi connectivity index (χ1n) is 22.9. The third kappa shape index (κ3) is 29.5. The predicted molar refractivity (Wildman–Crippen MR) is 232 cm³/mol. The fourth-order valence-corrected chi connectivity index (χ4v) is 8.48. The van der Waals surface area contributed by atoms with Crippen LogP contribution in [0.2, 0.25) is 0 Å². The molecule has 358 valence electrons. The lowest BCUT2D eigenvalue weighted by molar-refractivity contribution is -0.216. The third-order valence-corrected chi connectivity index (χ3v) is 12.0. The van der Waals surface area contributed by atoms with Gasteiger partial charge < -0.3 is 44.6 Å². The van der Waals surface area contributed by atoms with E-state index in [9.17, 15) is 44.0 Å². The normalized spacial score (nSPS) is 22.4. The van der Waals surface area contributed by atoms with E-state index in [0.29, 0.717) is 12.8 Å². The highest BCUT2D eigenvalue weighted by molar-refractivity contribution is 7.47. The van der Waals surface area contributed by atoms with Gasteiger partial charge in [-0.05, 0) is 44.9 Å². The van der Waals surface area contributed by atoms with Crippen molar-refractivity contribution in [2.24, 2.45) is 0 Å². The van der Waals surface area contributed by atoms with Gasteiger partial charge in [0.25, 0.3) is 0 Å². The minimum absolute atomic E-state index is 0.0447. The summed E-state index contributed by atoms with van der Waals surface area (Å²) in [5.41, 5.74) is 0. The Balaban J connectivity index is 2.62. The highest BCUT2D eigenvalue weighted by atomic mass is 31.2. The average molecular weight is 915 g/mol. The minimum Gasteiger partial charge on any atom is -0.462 e. The Morgan fingerprint density at radius 1 is 0.525 bits per heavy atom. The summed E-state index contributed by atoms with van der Waals surface area (Å²) in [6.07, 6.45) is 20.0. The van der Waals surface area contributed by atoms with E-state index < -0.39 is 83.5 Å². The van der Waals surface area contributed by atoms with Crippen molar-refractivity contribution >= 4 is 27.6 Å². The molecule has 0 amide bonds. The van der Waals surface area contributed by atoms with Crippen LogP contribution in [0.3, 0.4) is 0 Å². The molecule has 0 aromatic carbocycles. The van der Waals surface area contributed by atoms with Crippen LogP contribution < -0.4 is 0 Å². The Labute approximate surface area is 364 Å². The largest absolute Gasteiger partial charge is 0.472 e. The van der Waals surface area contributed by atoms with Gasteiger partial charge >= 0.3 is 27.6 Å². The van der Waals surface area contributed by atoms with Crippen LogP contribution >= 0.6 is 15.6 Å². The lowest BCUT2D eigenvalue weighted by Crippen LogP contribution is -2.64. The van der Waals surface area contributed by atoms with Gasteiger partial charge in [-0.3, -0.25) is 23.2 Å². The maximum atomic E-state index is 13.0. The van der Waals surface area contributed by atoms with Gasteiger partial charge in [-0.25, -0.2) is 9.13 Å². The second-order valence-corrected chi connectivity index (χ2v) is 18.7. The summed E-state index contributed by atoms with van der Waals surface area (Å²) in [7, 11) is -10.7. The SMILES string of the molecule is CCCCC/C=C\C/C=C\CCCCCCCC(=O)OC[C@H](COP(=O)(O)O[C@H]1C(O)C(O)C(O)[C@@H](OP(=O)(O)O)C1O)OC(=O)CCCCCCCCCCCCCCC. The van der Waals surface area contributed by atoms with Crippen molar-refractivity contribution < 1.29 is 76.9 Å². The Morgan fingerprint density at radius 2 is 0.951 bits per heavy atom. The Hall–Kier alpha value is -1.52. The number of phosphoric acid groups is 2. The van der Waals surface area contributed by atoms with Crippen molar-refractivity contribution in [1.29, 1.82) is 0 Å². The fourth-order valence-electron chi connectivity index (χ4n) is 6.94. The lowest BCUT2D eigenvalue weighted by atomic mass is 9.85. The molecule has 0 aromatic rings. The van der Waals surface area contributed by atoms with Gasteiger partial charge in [-0.1, -0.05) is 147 Å². The number of hydrogen-bond acceptors (Lipinski definition) is 13. The molecule has 0 aliphatic heterocycles. The number of aliphatic hydroxyl groups excluding tert-OH is 4. The molecule has 1 saturated carbocycles. The van der Waals surface area contributed by atoms with E-state index in [1.54, 1.807) is 0 Å². The molecule has 5 unspecified atom stereocenters. The molecule has 0 heterocycles. The van der Waals surface area contributed by atoms with Gasteiger partial charge in [-0.2, -0.15) is 0 Å². The van der Waals surface area contributed by atoms with Crippen LogP contribution in [0.1, 0.15) is 181 Å². The van der Waals surface area contributed by atoms with Gasteiger partial charge in [0.1, 0.15) is 43.2 Å². The summed E-state index contributed by atoms with van der Waals surface area (Å²) < 4.78 is 49.3. The molecule has 1 fully saturated rings. The monoisotopic (exact) mass is 914 g/mol. The molecule has 0 bridgehead atoms. The van der Waals surface area contributed by atoms with E-state index in [1.807, 2.05) is 0 Å². The van der Waals surface area contributed by atoms with Crippen molar-refractivity contribution in [1.82, 2.24) is 0 Å². The van der Waals surface area contributed by atoms with Crippen molar-refractivity contribution in [3.8, 4) is 0 Å². The summed E-state index contributed by atoms with van der Waals surface area (Å²) in [5.74, 6) is -1.22. The molecule has 61 heavy (non-hydrogen) atoms. The number of carbonyl (C=O) groups excluding carboxylic acids is 2. The number of carbonyl (C=O) groups is 2. The highest BCUT2D eigenvalue weighted by Crippen LogP contribution is 2.49. The van der Waals surface area contributed by atoms with E-state index >= 15 is 0 Å². The van der Waals surface area contributed by atoms with Gasteiger partial charge in [0, 0.05) is 12.8 Å². The zero-order chi connectivity index (χ0) is 45.4. The zero-order valence-corrected chi connectivity index (χ0v) is 38.6. The van der Waals surface area contributed by atoms with Gasteiger partial charge in [0.15, 0.2) is 6.10 Å². The second kappa shape index (κ2) is 34.8. The molecular formula is C43H80O16P2. The molecule has 1 rings (SSSR count). The zero-order valence-electron chi connectivity index (χ0n) is 36.8. The quantitative estimate of drug-likeness (QED) is 0.0133. The average Bonchev–Trinajstić information content (AvgIpc) is 3.21. The molecule has 16 nitrogen and oxygen atoms in total. The summed E-state index contributed by atoms with van der Waals surface area (Å²) in [5, 5.41) is 41.2. The van der Waals surface area contributed by atoms with E-state index in [-0.39, 0.29) is 12.8 Å². The number of rotatable bonds is 38. The van der Waals surface area contributed by atoms with E-state index in [1.165, 1.54) is 70.6 Å². The molecular weight excluding hydrogens is 834 g/mol. The minimum atomic E-state index is -5.36. The predicted octanol–water partition coefficient (Wildman–Crippen LogP) is 8.17. The van der Waals surface area contributed by atoms with E-state index in [2.05, 4.69) is 42.7 Å². The van der Waals surface area contributed by atoms with Gasteiger partial charge in [0.2, 0.25) is 0 Å². The molecule has 7 N–H and O–H groups in total. The Bertz CT molecular complexity index is 1290. The molecule has 0 radical (unpaired) electrons. The van der Waals surface area contributed by atoms with Crippen molar-refractivity contribution in [3.05, 3.63) is 24.3 Å². The van der Waals surface area contributed by atoms with Crippen molar-refractivity contribution in [2.75, 3.05) is 13.2 Å². The highest BCUT2D eigenvalue weighted by Gasteiger charge is 2.54. The molecule has 8 atom stereocenters. The second-order valence-electron chi connectivity index (χ2n) is 16.1. The van der Waals surface area contributed by atoms with Crippen molar-refractivity contribution in [2.45, 2.75) is 224 Å². The standard InChI is InChI=1S/C43H80O16P2/c1-3-5-7-9-11-13-15-17-18-20-21-23-25-27-29-31-36(44)55-33-35(57-37(45)32-30-28-26-24-22-19-16-14-12-10-8-6-4-2)34-56-61(53,54)59-43-40(48)38(46)39(47)42(41(43)49)58-60(50,51)52/h11,13,17-18,35,38-43,46-49H,3-10,12,14-16,19-34H2,1-2H3,(H,53,54)(H2,50,51,52)/b13-11-,18-17-/t35-,38?,39?,40?,41?,42-,43+/m1/s1. The molecule has 0 spiro atoms. The van der Waals surface area contributed by atoms with E-state index in [4.69, 9.17) is 28.3 Å². The maximum Gasteiger partial charge on any atom is 0.472 e. The molecule has 1 aliphatic rings. The van der Waals surface area contributed by atoms with Crippen LogP contribution in [-0.2, 0) is 41.8 Å². The lowest BCUT2D eigenvalue weighted by Gasteiger charge is -2.43. The first kappa shape index (κ1) is 57.5. The van der Waals surface area contributed by atoms with Gasteiger partial charge in [-0.15, -0.1) is 0 Å². The fraction of sp³-hybridized carbons (Fsp3) is 0.860. The number of esters is 2. The Morgan fingerprint density at radius 3 is 1.46 bits per heavy atom. The summed E-state index contributed by atoms with van der Waals surface area (Å²) >= 11 is 0. The van der Waals surface area contributed by atoms with E-state index in [0.717, 1.165) is 70.6 Å². The first-order chi connectivity index (χ1) is 29.1. The number of phosphoric ester groups is 2. The number of aliphatic hydroxyl groups is 4. The molecule has 1 aliphatic carbocycles. The van der Waals surface area contributed by atoms with Crippen LogP contribution in [0.25, 0.3) is 0 Å². The maximum absolute atomic E-state index is 13.0. The first-order valence-corrected chi connectivity index (χ1v) is 25.9. The number of unbranched alkanes of at least 4 members (excludes halogenated alkanes) is 20. The van der Waals surface area contributed by atoms with Crippen LogP contribution in [0, 0.1) is 0 Å². The summed E-state index contributed by atoms with van der Waals surface area (Å²) in [4.78, 5) is 54.2. The van der Waals surface area contributed by atoms with Gasteiger partial charge in [0.05, 0.1) is 6.61 Å². The third-order valence-electron chi connectivity index (χ3n) is 10.5. The molecule has 0 aromatic heterocycles. The summed E-state index contributed by atoms with van der Waals surface area (Å²) in [6, 6.07) is 0. The van der Waals surface area contributed by atoms with Crippen LogP contribution in [0.15, 0.2) is 24.3 Å². The number of allylic oxidation sites excluding steroid dienone is 4. The van der Waals surface area contributed by atoms with Crippen molar-refractivity contribution in [3.63, 3.8) is 0 Å². The number of ether oxygens (including phenoxy) is 2.